The van der Waals surface area contributed by atoms with Crippen LogP contribution >= 0.6 is 0 Å². The van der Waals surface area contributed by atoms with Crippen LogP contribution in [0, 0.1) is 5.92 Å². The van der Waals surface area contributed by atoms with E-state index in [0.29, 0.717) is 6.54 Å². The summed E-state index contributed by atoms with van der Waals surface area (Å²) in [5, 5.41) is 2.87. The van der Waals surface area contributed by atoms with Crippen molar-refractivity contribution in [2.24, 2.45) is 5.92 Å². The zero-order chi connectivity index (χ0) is 9.80. The third-order valence-electron chi connectivity index (χ3n) is 3.36. The van der Waals surface area contributed by atoms with Crippen LogP contribution in [0.3, 0.4) is 0 Å². The van der Waals surface area contributed by atoms with Crippen molar-refractivity contribution in [1.29, 1.82) is 0 Å². The SMILES string of the molecule is O=C1CN(CC2CCCCC2)CCN1. The van der Waals surface area contributed by atoms with E-state index >= 15 is 0 Å². The number of amides is 1. The van der Waals surface area contributed by atoms with Gasteiger partial charge in [-0.15, -0.1) is 0 Å². The molecule has 0 aromatic rings. The summed E-state index contributed by atoms with van der Waals surface area (Å²) in [6.07, 6.45) is 6.95. The molecule has 2 fully saturated rings. The fourth-order valence-corrected chi connectivity index (χ4v) is 2.58. The van der Waals surface area contributed by atoms with E-state index in [1.165, 1.54) is 32.1 Å². The average Bonchev–Trinajstić information content (AvgIpc) is 2.19. The second-order valence-corrected chi connectivity index (χ2v) is 4.59. The van der Waals surface area contributed by atoms with Gasteiger partial charge in [0.15, 0.2) is 0 Å². The summed E-state index contributed by atoms with van der Waals surface area (Å²) in [5.41, 5.74) is 0. The van der Waals surface area contributed by atoms with Gasteiger partial charge < -0.3 is 5.32 Å². The Bertz CT molecular complexity index is 199. The molecule has 0 spiro atoms. The van der Waals surface area contributed by atoms with Gasteiger partial charge in [-0.3, -0.25) is 9.69 Å². The minimum atomic E-state index is 0.201. The van der Waals surface area contributed by atoms with Crippen LogP contribution in [-0.4, -0.2) is 37.0 Å². The summed E-state index contributed by atoms with van der Waals surface area (Å²) < 4.78 is 0. The van der Waals surface area contributed by atoms with Crippen LogP contribution in [0.25, 0.3) is 0 Å². The van der Waals surface area contributed by atoms with Crippen molar-refractivity contribution in [1.82, 2.24) is 10.2 Å². The molecule has 1 aliphatic carbocycles. The normalized spacial score (nSPS) is 26.1. The molecule has 0 aromatic heterocycles. The van der Waals surface area contributed by atoms with Gasteiger partial charge in [-0.05, 0) is 18.8 Å². The molecule has 0 aromatic carbocycles. The van der Waals surface area contributed by atoms with Crippen LogP contribution in [0.4, 0.5) is 0 Å². The summed E-state index contributed by atoms with van der Waals surface area (Å²) in [5.74, 6) is 1.06. The van der Waals surface area contributed by atoms with Crippen molar-refractivity contribution in [3.8, 4) is 0 Å². The lowest BCUT2D eigenvalue weighted by atomic mass is 9.89. The molecule has 3 nitrogen and oxygen atoms in total. The van der Waals surface area contributed by atoms with Gasteiger partial charge in [0.05, 0.1) is 6.54 Å². The lowest BCUT2D eigenvalue weighted by Gasteiger charge is -2.31. The van der Waals surface area contributed by atoms with Crippen LogP contribution in [0.2, 0.25) is 0 Å². The number of piperazine rings is 1. The van der Waals surface area contributed by atoms with Gasteiger partial charge >= 0.3 is 0 Å². The molecule has 3 heteroatoms. The number of rotatable bonds is 2. The first kappa shape index (κ1) is 9.97. The third kappa shape index (κ3) is 2.71. The highest BCUT2D eigenvalue weighted by atomic mass is 16.2. The summed E-state index contributed by atoms with van der Waals surface area (Å²) in [6.45, 7) is 3.65. The molecule has 1 saturated heterocycles. The zero-order valence-corrected chi connectivity index (χ0v) is 8.80. The summed E-state index contributed by atoms with van der Waals surface area (Å²) in [7, 11) is 0. The highest BCUT2D eigenvalue weighted by Crippen LogP contribution is 2.24. The molecule has 1 N–H and O–H groups in total. The number of carbonyl (C=O) groups is 1. The highest BCUT2D eigenvalue weighted by Gasteiger charge is 2.21. The molecule has 14 heavy (non-hydrogen) atoms. The Hall–Kier alpha value is -0.570. The van der Waals surface area contributed by atoms with Crippen molar-refractivity contribution >= 4 is 5.91 Å². The van der Waals surface area contributed by atoms with Gasteiger partial charge in [-0.1, -0.05) is 19.3 Å². The average molecular weight is 196 g/mol. The molecular formula is C11H20N2O. The van der Waals surface area contributed by atoms with E-state index in [4.69, 9.17) is 0 Å². The molecule has 1 saturated carbocycles. The van der Waals surface area contributed by atoms with Crippen molar-refractivity contribution in [2.75, 3.05) is 26.2 Å². The lowest BCUT2D eigenvalue weighted by Crippen LogP contribution is -2.49. The lowest BCUT2D eigenvalue weighted by molar-refractivity contribution is -0.124. The first-order chi connectivity index (χ1) is 6.84. The van der Waals surface area contributed by atoms with Crippen LogP contribution in [0.15, 0.2) is 0 Å². The van der Waals surface area contributed by atoms with Gasteiger partial charge in [0.2, 0.25) is 5.91 Å². The zero-order valence-electron chi connectivity index (χ0n) is 8.80. The van der Waals surface area contributed by atoms with Gasteiger partial charge in [-0.25, -0.2) is 0 Å². The molecule has 2 aliphatic rings. The minimum absolute atomic E-state index is 0.201. The van der Waals surface area contributed by atoms with E-state index < -0.39 is 0 Å². The monoisotopic (exact) mass is 196 g/mol. The smallest absolute Gasteiger partial charge is 0.234 e. The molecule has 0 bridgehead atoms. The minimum Gasteiger partial charge on any atom is -0.354 e. The van der Waals surface area contributed by atoms with Crippen molar-refractivity contribution < 1.29 is 4.79 Å². The predicted molar refractivity (Wildman–Crippen MR) is 56.0 cm³/mol. The van der Waals surface area contributed by atoms with Crippen LogP contribution in [0.5, 0.6) is 0 Å². The first-order valence-corrected chi connectivity index (χ1v) is 5.83. The molecule has 80 valence electrons. The maximum Gasteiger partial charge on any atom is 0.234 e. The number of hydrogen-bond acceptors (Lipinski definition) is 2. The Morgan fingerprint density at radius 2 is 2.07 bits per heavy atom. The maximum absolute atomic E-state index is 11.2. The van der Waals surface area contributed by atoms with Crippen molar-refractivity contribution in [3.63, 3.8) is 0 Å². The molecule has 0 atom stereocenters. The Morgan fingerprint density at radius 3 is 2.79 bits per heavy atom. The molecule has 0 radical (unpaired) electrons. The molecule has 1 amide bonds. The highest BCUT2D eigenvalue weighted by molar-refractivity contribution is 5.78. The Balaban J connectivity index is 1.75. The summed E-state index contributed by atoms with van der Waals surface area (Å²) in [6, 6.07) is 0. The van der Waals surface area contributed by atoms with Gasteiger partial charge in [0.1, 0.15) is 0 Å². The third-order valence-corrected chi connectivity index (χ3v) is 3.36. The van der Waals surface area contributed by atoms with Crippen LogP contribution in [0.1, 0.15) is 32.1 Å². The van der Waals surface area contributed by atoms with Gasteiger partial charge in [-0.2, -0.15) is 0 Å². The largest absolute Gasteiger partial charge is 0.354 e. The van der Waals surface area contributed by atoms with Crippen molar-refractivity contribution in [2.45, 2.75) is 32.1 Å². The van der Waals surface area contributed by atoms with Crippen LogP contribution in [-0.2, 0) is 4.79 Å². The quantitative estimate of drug-likeness (QED) is 0.714. The first-order valence-electron chi connectivity index (χ1n) is 5.83. The number of carbonyl (C=O) groups excluding carboxylic acids is 1. The summed E-state index contributed by atoms with van der Waals surface area (Å²) in [4.78, 5) is 13.5. The second kappa shape index (κ2) is 4.78. The maximum atomic E-state index is 11.2. The Morgan fingerprint density at radius 1 is 1.29 bits per heavy atom. The van der Waals surface area contributed by atoms with E-state index in [1.54, 1.807) is 0 Å². The Kier molecular flexibility index (Phi) is 3.40. The molecular weight excluding hydrogens is 176 g/mol. The van der Waals surface area contributed by atoms with E-state index in [2.05, 4.69) is 10.2 Å². The molecule has 2 rings (SSSR count). The number of hydrogen-bond donors (Lipinski definition) is 1. The second-order valence-electron chi connectivity index (χ2n) is 4.59. The standard InChI is InChI=1S/C11H20N2O/c14-11-9-13(7-6-12-11)8-10-4-2-1-3-5-10/h10H,1-9H2,(H,12,14). The van der Waals surface area contributed by atoms with E-state index in [9.17, 15) is 4.79 Å². The van der Waals surface area contributed by atoms with E-state index in [-0.39, 0.29) is 5.91 Å². The van der Waals surface area contributed by atoms with Gasteiger partial charge in [0, 0.05) is 19.6 Å². The van der Waals surface area contributed by atoms with E-state index in [1.807, 2.05) is 0 Å². The number of nitrogens with zero attached hydrogens (tertiary/aromatic N) is 1. The Labute approximate surface area is 85.8 Å². The molecule has 1 heterocycles. The molecule has 0 unspecified atom stereocenters. The van der Waals surface area contributed by atoms with Crippen LogP contribution < -0.4 is 5.32 Å². The predicted octanol–water partition coefficient (Wildman–Crippen LogP) is 0.999. The number of nitrogens with one attached hydrogen (secondary N) is 1. The molecule has 1 aliphatic heterocycles. The summed E-state index contributed by atoms with van der Waals surface area (Å²) >= 11 is 0. The fraction of sp³-hybridized carbons (Fsp3) is 0.909. The van der Waals surface area contributed by atoms with Gasteiger partial charge in [0.25, 0.3) is 0 Å². The fourth-order valence-electron chi connectivity index (χ4n) is 2.58. The van der Waals surface area contributed by atoms with E-state index in [0.717, 1.165) is 25.6 Å². The van der Waals surface area contributed by atoms with Crippen molar-refractivity contribution in [3.05, 3.63) is 0 Å². The topological polar surface area (TPSA) is 32.3 Å².